The number of aromatic nitrogens is 4. The molecule has 4 nitrogen and oxygen atoms in total. The molecule has 3 heterocycles. The first kappa shape index (κ1) is 5.77. The number of H-pyrrole nitrogens is 1. The van der Waals surface area contributed by atoms with E-state index >= 15 is 0 Å². The van der Waals surface area contributed by atoms with Gasteiger partial charge < -0.3 is 0 Å². The van der Waals surface area contributed by atoms with Gasteiger partial charge in [0.2, 0.25) is 0 Å². The maximum Gasteiger partial charge on any atom is 0.179 e. The van der Waals surface area contributed by atoms with Gasteiger partial charge in [0, 0.05) is 18.5 Å². The lowest BCUT2D eigenvalue weighted by Gasteiger charge is -1.86. The molecule has 1 N–H and O–H groups in total. The molecule has 12 heavy (non-hydrogen) atoms. The van der Waals surface area contributed by atoms with Crippen molar-refractivity contribution < 1.29 is 0 Å². The van der Waals surface area contributed by atoms with E-state index in [0.29, 0.717) is 0 Å². The van der Waals surface area contributed by atoms with Crippen LogP contribution in [0, 0.1) is 0 Å². The summed E-state index contributed by atoms with van der Waals surface area (Å²) >= 11 is 0. The topological polar surface area (TPSA) is 46.0 Å². The van der Waals surface area contributed by atoms with Crippen LogP contribution in [0.1, 0.15) is 0 Å². The van der Waals surface area contributed by atoms with E-state index in [-0.39, 0.29) is 0 Å². The molecule has 0 amide bonds. The Bertz CT molecular complexity index is 533. The highest BCUT2D eigenvalue weighted by atomic mass is 15.3. The first-order valence-corrected chi connectivity index (χ1v) is 3.72. The van der Waals surface area contributed by atoms with E-state index in [1.807, 2.05) is 28.9 Å². The van der Waals surface area contributed by atoms with E-state index in [4.69, 9.17) is 0 Å². The van der Waals surface area contributed by atoms with Gasteiger partial charge in [0.05, 0.1) is 0 Å². The lowest BCUT2D eigenvalue weighted by Crippen LogP contribution is -1.83. The summed E-state index contributed by atoms with van der Waals surface area (Å²) in [7, 11) is 0. The van der Waals surface area contributed by atoms with Crippen molar-refractivity contribution in [2.75, 3.05) is 0 Å². The van der Waals surface area contributed by atoms with Gasteiger partial charge in [-0.3, -0.25) is 5.10 Å². The molecule has 0 saturated carbocycles. The maximum absolute atomic E-state index is 4.34. The Morgan fingerprint density at radius 1 is 1.33 bits per heavy atom. The minimum Gasteiger partial charge on any atom is -0.298 e. The Labute approximate surface area is 67.8 Å². The summed E-state index contributed by atoms with van der Waals surface area (Å²) in [5.74, 6) is 0. The van der Waals surface area contributed by atoms with Crippen molar-refractivity contribution in [1.29, 1.82) is 0 Å². The summed E-state index contributed by atoms with van der Waals surface area (Å²) in [5.41, 5.74) is 2.70. The molecule has 4 heteroatoms. The predicted octanol–water partition coefficient (Wildman–Crippen LogP) is 1.21. The normalized spacial score (nSPS) is 11.3. The van der Waals surface area contributed by atoms with Gasteiger partial charge >= 0.3 is 0 Å². The highest BCUT2D eigenvalue weighted by Crippen LogP contribution is 2.11. The van der Waals surface area contributed by atoms with Crippen LogP contribution in [0.4, 0.5) is 0 Å². The van der Waals surface area contributed by atoms with Gasteiger partial charge in [0.15, 0.2) is 11.3 Å². The molecule has 3 aromatic heterocycles. The number of aromatic amines is 1. The molecule has 0 aliphatic carbocycles. The molecule has 58 valence electrons. The Hall–Kier alpha value is -1.84. The number of hydrogen-bond acceptors (Lipinski definition) is 2. The van der Waals surface area contributed by atoms with Crippen LogP contribution < -0.4 is 0 Å². The molecule has 0 unspecified atom stereocenters. The summed E-state index contributed by atoms with van der Waals surface area (Å²) in [5, 5.41) is 3.03. The van der Waals surface area contributed by atoms with Crippen molar-refractivity contribution in [2.45, 2.75) is 0 Å². The second-order valence-corrected chi connectivity index (χ2v) is 2.61. The van der Waals surface area contributed by atoms with Gasteiger partial charge in [-0.25, -0.2) is 14.5 Å². The summed E-state index contributed by atoms with van der Waals surface area (Å²) in [4.78, 5) is 8.56. The van der Waals surface area contributed by atoms with Crippen molar-refractivity contribution in [3.63, 3.8) is 0 Å². The molecule has 0 saturated heterocycles. The van der Waals surface area contributed by atoms with Crippen LogP contribution >= 0.6 is 0 Å². The fraction of sp³-hybridized carbons (Fsp3) is 0. The van der Waals surface area contributed by atoms with E-state index in [1.54, 1.807) is 6.20 Å². The van der Waals surface area contributed by atoms with E-state index in [0.717, 1.165) is 16.8 Å². The van der Waals surface area contributed by atoms with E-state index in [9.17, 15) is 0 Å². The summed E-state index contributed by atoms with van der Waals surface area (Å²) in [6.07, 6.45) is 3.60. The zero-order valence-electron chi connectivity index (χ0n) is 6.23. The lowest BCUT2D eigenvalue weighted by atomic mass is 10.4. The van der Waals surface area contributed by atoms with Gasteiger partial charge in [0.25, 0.3) is 0 Å². The lowest BCUT2D eigenvalue weighted by molar-refractivity contribution is 0.989. The fourth-order valence-electron chi connectivity index (χ4n) is 1.36. The molecule has 0 atom stereocenters. The Balaban J connectivity index is 2.68. The van der Waals surface area contributed by atoms with Crippen molar-refractivity contribution in [1.82, 2.24) is 19.6 Å². The molecule has 3 rings (SSSR count). The van der Waals surface area contributed by atoms with Crippen LogP contribution in [-0.2, 0) is 0 Å². The Morgan fingerprint density at radius 3 is 3.33 bits per heavy atom. The molecule has 0 radical (unpaired) electrons. The van der Waals surface area contributed by atoms with Crippen molar-refractivity contribution in [2.24, 2.45) is 0 Å². The Kier molecular flexibility index (Phi) is 0.889. The average molecular weight is 158 g/mol. The largest absolute Gasteiger partial charge is 0.298 e. The predicted molar refractivity (Wildman–Crippen MR) is 44.8 cm³/mol. The zero-order chi connectivity index (χ0) is 7.97. The maximum atomic E-state index is 4.34. The van der Waals surface area contributed by atoms with Crippen LogP contribution in [0.2, 0.25) is 0 Å². The number of fused-ring (bicyclic) bond motifs is 3. The number of nitrogens with zero attached hydrogens (tertiary/aromatic N) is 3. The number of nitrogens with one attached hydrogen (secondary N) is 1. The van der Waals surface area contributed by atoms with Gasteiger partial charge in [-0.15, -0.1) is 0 Å². The Morgan fingerprint density at radius 2 is 2.33 bits per heavy atom. The molecule has 3 aromatic rings. The van der Waals surface area contributed by atoms with Gasteiger partial charge in [-0.2, -0.15) is 0 Å². The average Bonchev–Trinajstić information content (AvgIpc) is 2.62. The third kappa shape index (κ3) is 0.567. The molecular formula is C8H6N4. The zero-order valence-corrected chi connectivity index (χ0v) is 6.23. The van der Waals surface area contributed by atoms with Crippen LogP contribution in [0.15, 0.2) is 30.6 Å². The molecule has 0 fully saturated rings. The third-order valence-corrected chi connectivity index (χ3v) is 1.88. The van der Waals surface area contributed by atoms with Crippen LogP contribution in [0.5, 0.6) is 0 Å². The van der Waals surface area contributed by atoms with Crippen LogP contribution in [0.3, 0.4) is 0 Å². The standard InChI is InChI=1S/C8H6N4/c1-2-6-8(9-4-1)12-7(11-6)3-5-10-12/h1-5,10H. The number of pyridine rings is 1. The monoisotopic (exact) mass is 158 g/mol. The van der Waals surface area contributed by atoms with Crippen LogP contribution in [-0.4, -0.2) is 19.6 Å². The van der Waals surface area contributed by atoms with E-state index in [2.05, 4.69) is 15.1 Å². The summed E-state index contributed by atoms with van der Waals surface area (Å²) in [6, 6.07) is 5.75. The number of imidazole rings is 1. The smallest absolute Gasteiger partial charge is 0.179 e. The SMILES string of the molecule is c1cnc2c(c1)nc1cc[nH]n12. The van der Waals surface area contributed by atoms with E-state index < -0.39 is 0 Å². The minimum absolute atomic E-state index is 0.873. The quantitative estimate of drug-likeness (QED) is 0.534. The van der Waals surface area contributed by atoms with Crippen LogP contribution in [0.25, 0.3) is 16.8 Å². The second-order valence-electron chi connectivity index (χ2n) is 2.61. The van der Waals surface area contributed by atoms with Crippen molar-refractivity contribution >= 4 is 16.8 Å². The molecule has 0 spiro atoms. The van der Waals surface area contributed by atoms with Gasteiger partial charge in [-0.05, 0) is 12.1 Å². The first-order valence-electron chi connectivity index (χ1n) is 3.72. The first-order chi connectivity index (χ1) is 5.95. The molecule has 0 bridgehead atoms. The van der Waals surface area contributed by atoms with Crippen molar-refractivity contribution in [3.8, 4) is 0 Å². The highest BCUT2D eigenvalue weighted by Gasteiger charge is 2.03. The number of hydrogen-bond donors (Lipinski definition) is 1. The molecule has 0 aliphatic heterocycles. The third-order valence-electron chi connectivity index (χ3n) is 1.88. The highest BCUT2D eigenvalue weighted by molar-refractivity contribution is 5.75. The van der Waals surface area contributed by atoms with Gasteiger partial charge in [-0.1, -0.05) is 0 Å². The molecular weight excluding hydrogens is 152 g/mol. The van der Waals surface area contributed by atoms with Crippen molar-refractivity contribution in [3.05, 3.63) is 30.6 Å². The molecule has 0 aliphatic rings. The summed E-state index contributed by atoms with van der Waals surface area (Å²) < 4.78 is 1.86. The van der Waals surface area contributed by atoms with E-state index in [1.165, 1.54) is 0 Å². The minimum atomic E-state index is 0.873. The number of rotatable bonds is 0. The summed E-state index contributed by atoms with van der Waals surface area (Å²) in [6.45, 7) is 0. The van der Waals surface area contributed by atoms with Gasteiger partial charge in [0.1, 0.15) is 5.52 Å². The second kappa shape index (κ2) is 1.85. The fourth-order valence-corrected chi connectivity index (χ4v) is 1.36. The molecule has 0 aromatic carbocycles.